The fraction of sp³-hybridized carbons (Fsp3) is 0.222. The van der Waals surface area contributed by atoms with Crippen LogP contribution in [0.3, 0.4) is 0 Å². The Balaban J connectivity index is 2.64. The maximum Gasteiger partial charge on any atom is 0.394 e. The Morgan fingerprint density at radius 3 is 2.79 bits per heavy atom. The Hall–Kier alpha value is -1.91. The summed E-state index contributed by atoms with van der Waals surface area (Å²) >= 11 is 0. The van der Waals surface area contributed by atoms with Gasteiger partial charge in [-0.25, -0.2) is 4.79 Å². The van der Waals surface area contributed by atoms with E-state index in [9.17, 15) is 9.59 Å². The Bertz CT molecular complexity index is 337. The van der Waals surface area contributed by atoms with Gasteiger partial charge in [-0.15, -0.1) is 0 Å². The smallest absolute Gasteiger partial charge is 0.394 e. The molecule has 0 unspecified atom stereocenters. The number of carbonyl (C=O) groups is 2. The number of hydrogen-bond acceptors (Lipinski definition) is 3. The maximum atomic E-state index is 10.8. The molecule has 0 aliphatic rings. The SMILES string of the molecule is C[C@H](NC(=O)C(=O)O)c1cccnc1. The number of amides is 1. The molecule has 1 amide bonds. The van der Waals surface area contributed by atoms with Crippen LogP contribution in [-0.2, 0) is 9.59 Å². The largest absolute Gasteiger partial charge is 0.474 e. The minimum absolute atomic E-state index is 0.354. The van der Waals surface area contributed by atoms with E-state index < -0.39 is 11.9 Å². The zero-order valence-corrected chi connectivity index (χ0v) is 7.60. The number of nitrogens with zero attached hydrogens (tertiary/aromatic N) is 1. The normalized spacial score (nSPS) is 11.8. The van der Waals surface area contributed by atoms with E-state index in [1.165, 1.54) is 0 Å². The molecule has 1 aromatic heterocycles. The van der Waals surface area contributed by atoms with Crippen molar-refractivity contribution >= 4 is 11.9 Å². The number of nitrogens with one attached hydrogen (secondary N) is 1. The van der Waals surface area contributed by atoms with Gasteiger partial charge in [0.2, 0.25) is 0 Å². The van der Waals surface area contributed by atoms with E-state index >= 15 is 0 Å². The minimum Gasteiger partial charge on any atom is -0.474 e. The number of carbonyl (C=O) groups excluding carboxylic acids is 1. The molecule has 2 N–H and O–H groups in total. The lowest BCUT2D eigenvalue weighted by atomic mass is 10.1. The summed E-state index contributed by atoms with van der Waals surface area (Å²) in [4.78, 5) is 24.9. The second-order valence-electron chi connectivity index (χ2n) is 2.79. The first-order chi connectivity index (χ1) is 6.61. The molecule has 0 saturated heterocycles. The van der Waals surface area contributed by atoms with Crippen molar-refractivity contribution in [3.05, 3.63) is 30.1 Å². The van der Waals surface area contributed by atoms with Crippen LogP contribution in [0.4, 0.5) is 0 Å². The van der Waals surface area contributed by atoms with E-state index in [1.807, 2.05) is 0 Å². The van der Waals surface area contributed by atoms with Crippen molar-refractivity contribution < 1.29 is 14.7 Å². The molecule has 0 bridgehead atoms. The fourth-order valence-corrected chi connectivity index (χ4v) is 0.974. The van der Waals surface area contributed by atoms with E-state index in [0.29, 0.717) is 0 Å². The lowest BCUT2D eigenvalue weighted by Crippen LogP contribution is -2.32. The quantitative estimate of drug-likeness (QED) is 0.665. The molecule has 0 spiro atoms. The Kier molecular flexibility index (Phi) is 3.17. The third-order valence-corrected chi connectivity index (χ3v) is 1.73. The number of rotatable bonds is 2. The first-order valence-electron chi connectivity index (χ1n) is 4.05. The Morgan fingerprint density at radius 2 is 2.29 bits per heavy atom. The monoisotopic (exact) mass is 194 g/mol. The van der Waals surface area contributed by atoms with Gasteiger partial charge in [0.25, 0.3) is 0 Å². The van der Waals surface area contributed by atoms with Crippen LogP contribution in [0.25, 0.3) is 0 Å². The molecule has 1 atom stereocenters. The van der Waals surface area contributed by atoms with Crippen LogP contribution in [0.2, 0.25) is 0 Å². The van der Waals surface area contributed by atoms with Gasteiger partial charge in [-0.3, -0.25) is 9.78 Å². The number of carboxylic acid groups (broad SMARTS) is 1. The number of carboxylic acids is 1. The standard InChI is InChI=1S/C9H10N2O3/c1-6(11-8(12)9(13)14)7-3-2-4-10-5-7/h2-6H,1H3,(H,11,12)(H,13,14)/t6-/m0/s1. The fourth-order valence-electron chi connectivity index (χ4n) is 0.974. The van der Waals surface area contributed by atoms with E-state index in [1.54, 1.807) is 31.5 Å². The molecule has 0 saturated carbocycles. The van der Waals surface area contributed by atoms with Crippen LogP contribution in [0.1, 0.15) is 18.5 Å². The Morgan fingerprint density at radius 1 is 1.57 bits per heavy atom. The third kappa shape index (κ3) is 2.55. The molecular weight excluding hydrogens is 184 g/mol. The predicted molar refractivity (Wildman–Crippen MR) is 48.4 cm³/mol. The van der Waals surface area contributed by atoms with Crippen molar-refractivity contribution in [3.63, 3.8) is 0 Å². The van der Waals surface area contributed by atoms with Crippen LogP contribution >= 0.6 is 0 Å². The van der Waals surface area contributed by atoms with Gasteiger partial charge in [0, 0.05) is 12.4 Å². The average molecular weight is 194 g/mol. The molecule has 5 nitrogen and oxygen atoms in total. The molecule has 1 rings (SSSR count). The highest BCUT2D eigenvalue weighted by atomic mass is 16.4. The first-order valence-corrected chi connectivity index (χ1v) is 4.05. The van der Waals surface area contributed by atoms with E-state index in [2.05, 4.69) is 10.3 Å². The van der Waals surface area contributed by atoms with Crippen LogP contribution in [0, 0.1) is 0 Å². The molecule has 0 aliphatic carbocycles. The van der Waals surface area contributed by atoms with Crippen LogP contribution in [0.15, 0.2) is 24.5 Å². The van der Waals surface area contributed by atoms with Crippen molar-refractivity contribution in [3.8, 4) is 0 Å². The molecule has 0 radical (unpaired) electrons. The second-order valence-corrected chi connectivity index (χ2v) is 2.79. The molecule has 0 aliphatic heterocycles. The van der Waals surface area contributed by atoms with E-state index in [0.717, 1.165) is 5.56 Å². The topological polar surface area (TPSA) is 79.3 Å². The highest BCUT2D eigenvalue weighted by Crippen LogP contribution is 2.08. The van der Waals surface area contributed by atoms with Crippen molar-refractivity contribution in [2.75, 3.05) is 0 Å². The highest BCUT2D eigenvalue weighted by molar-refractivity contribution is 6.31. The second kappa shape index (κ2) is 4.36. The number of pyridine rings is 1. The zero-order valence-electron chi connectivity index (χ0n) is 7.60. The molecule has 5 heteroatoms. The molecule has 1 heterocycles. The number of hydrogen-bond donors (Lipinski definition) is 2. The van der Waals surface area contributed by atoms with Crippen LogP contribution in [0.5, 0.6) is 0 Å². The lowest BCUT2D eigenvalue weighted by Gasteiger charge is -2.11. The lowest BCUT2D eigenvalue weighted by molar-refractivity contribution is -0.150. The zero-order chi connectivity index (χ0) is 10.6. The maximum absolute atomic E-state index is 10.8. The van der Waals surface area contributed by atoms with Gasteiger partial charge in [0.05, 0.1) is 6.04 Å². The highest BCUT2D eigenvalue weighted by Gasteiger charge is 2.14. The summed E-state index contributed by atoms with van der Waals surface area (Å²) in [5, 5.41) is 10.7. The molecule has 74 valence electrons. The van der Waals surface area contributed by atoms with Gasteiger partial charge in [0.1, 0.15) is 0 Å². The predicted octanol–water partition coefficient (Wildman–Crippen LogP) is 0.343. The minimum atomic E-state index is -1.49. The summed E-state index contributed by atoms with van der Waals surface area (Å²) in [5.41, 5.74) is 0.766. The van der Waals surface area contributed by atoms with Gasteiger partial charge in [-0.1, -0.05) is 6.07 Å². The molecule has 0 aromatic carbocycles. The molecule has 1 aromatic rings. The van der Waals surface area contributed by atoms with Crippen LogP contribution in [-0.4, -0.2) is 22.0 Å². The number of aliphatic carboxylic acids is 1. The summed E-state index contributed by atoms with van der Waals surface area (Å²) < 4.78 is 0. The first kappa shape index (κ1) is 10.2. The van der Waals surface area contributed by atoms with E-state index in [4.69, 9.17) is 5.11 Å². The van der Waals surface area contributed by atoms with Crippen molar-refractivity contribution in [2.45, 2.75) is 13.0 Å². The van der Waals surface area contributed by atoms with Crippen LogP contribution < -0.4 is 5.32 Å². The van der Waals surface area contributed by atoms with Gasteiger partial charge in [-0.05, 0) is 18.6 Å². The van der Waals surface area contributed by atoms with E-state index in [-0.39, 0.29) is 6.04 Å². The van der Waals surface area contributed by atoms with Gasteiger partial charge in [0.15, 0.2) is 0 Å². The van der Waals surface area contributed by atoms with Crippen molar-refractivity contribution in [2.24, 2.45) is 0 Å². The molecular formula is C9H10N2O3. The van der Waals surface area contributed by atoms with Crippen molar-refractivity contribution in [1.29, 1.82) is 0 Å². The van der Waals surface area contributed by atoms with Gasteiger partial charge < -0.3 is 10.4 Å². The summed E-state index contributed by atoms with van der Waals surface area (Å²) in [6.07, 6.45) is 3.18. The summed E-state index contributed by atoms with van der Waals surface area (Å²) in [7, 11) is 0. The van der Waals surface area contributed by atoms with Crippen molar-refractivity contribution in [1.82, 2.24) is 10.3 Å². The van der Waals surface area contributed by atoms with Gasteiger partial charge >= 0.3 is 11.9 Å². The van der Waals surface area contributed by atoms with Gasteiger partial charge in [-0.2, -0.15) is 0 Å². The molecule has 14 heavy (non-hydrogen) atoms. The summed E-state index contributed by atoms with van der Waals surface area (Å²) in [6.45, 7) is 1.69. The molecule has 0 fully saturated rings. The summed E-state index contributed by atoms with van der Waals surface area (Å²) in [5.74, 6) is -2.50. The summed E-state index contributed by atoms with van der Waals surface area (Å²) in [6, 6.07) is 3.13. The third-order valence-electron chi connectivity index (χ3n) is 1.73. The number of aromatic nitrogens is 1. The average Bonchev–Trinajstić information content (AvgIpc) is 2.19. The Labute approximate surface area is 80.8 Å².